The van der Waals surface area contributed by atoms with Gasteiger partial charge in [0.1, 0.15) is 4.90 Å². The van der Waals surface area contributed by atoms with Crippen molar-refractivity contribution in [1.82, 2.24) is 4.31 Å². The average molecular weight is 286 g/mol. The van der Waals surface area contributed by atoms with Gasteiger partial charge in [0.15, 0.2) is 0 Å². The minimum atomic E-state index is -3.46. The van der Waals surface area contributed by atoms with Gasteiger partial charge in [0.05, 0.1) is 5.69 Å². The van der Waals surface area contributed by atoms with Gasteiger partial charge in [-0.3, -0.25) is 0 Å². The molecule has 0 atom stereocenters. The Morgan fingerprint density at radius 1 is 1.21 bits per heavy atom. The molecule has 0 heterocycles. The normalized spacial score (nSPS) is 11.8. The van der Waals surface area contributed by atoms with Crippen LogP contribution in [-0.2, 0) is 10.0 Å². The topological polar surface area (TPSA) is 60.9 Å². The van der Waals surface area contributed by atoms with Crippen LogP contribution in [0.5, 0.6) is 0 Å². The maximum Gasteiger partial charge on any atom is 0.244 e. The number of para-hydroxylation sites is 1. The molecule has 1 aromatic carbocycles. The monoisotopic (exact) mass is 286 g/mol. The quantitative estimate of drug-likeness (QED) is 0.816. The molecule has 0 aliphatic heterocycles. The number of aliphatic hydroxyl groups excluding tert-OH is 1. The number of hydrogen-bond donors (Lipinski definition) is 1. The van der Waals surface area contributed by atoms with E-state index in [1.165, 1.54) is 18.4 Å². The van der Waals surface area contributed by atoms with E-state index in [2.05, 4.69) is 0 Å². The third-order valence-electron chi connectivity index (χ3n) is 2.93. The molecular formula is C13H22N2O3S. The van der Waals surface area contributed by atoms with Gasteiger partial charge < -0.3 is 10.0 Å². The van der Waals surface area contributed by atoms with Crippen LogP contribution in [0.3, 0.4) is 0 Å². The first-order chi connectivity index (χ1) is 8.95. The van der Waals surface area contributed by atoms with Crippen molar-refractivity contribution in [3.8, 4) is 0 Å². The fourth-order valence-corrected chi connectivity index (χ4v) is 2.95. The molecule has 0 saturated heterocycles. The number of rotatable bonds is 7. The van der Waals surface area contributed by atoms with Crippen LogP contribution in [0, 0.1) is 0 Å². The van der Waals surface area contributed by atoms with Crippen LogP contribution in [0.1, 0.15) is 13.3 Å². The maximum atomic E-state index is 12.3. The molecule has 0 amide bonds. The highest BCUT2D eigenvalue weighted by Crippen LogP contribution is 2.26. The van der Waals surface area contributed by atoms with Crippen molar-refractivity contribution in [2.24, 2.45) is 0 Å². The lowest BCUT2D eigenvalue weighted by Crippen LogP contribution is -2.29. The summed E-state index contributed by atoms with van der Waals surface area (Å²) in [4.78, 5) is 2.27. The lowest BCUT2D eigenvalue weighted by atomic mass is 10.2. The number of anilines is 1. The van der Waals surface area contributed by atoms with E-state index in [0.29, 0.717) is 30.1 Å². The molecule has 0 radical (unpaired) electrons. The molecular weight excluding hydrogens is 264 g/mol. The zero-order chi connectivity index (χ0) is 14.5. The first-order valence-corrected chi connectivity index (χ1v) is 7.76. The van der Waals surface area contributed by atoms with Gasteiger partial charge in [-0.25, -0.2) is 12.7 Å². The summed E-state index contributed by atoms with van der Waals surface area (Å²) in [5, 5.41) is 8.92. The number of benzene rings is 1. The van der Waals surface area contributed by atoms with E-state index >= 15 is 0 Å². The molecule has 1 N–H and O–H groups in total. The van der Waals surface area contributed by atoms with Crippen LogP contribution in [0.4, 0.5) is 5.69 Å². The highest BCUT2D eigenvalue weighted by Gasteiger charge is 2.22. The molecule has 0 unspecified atom stereocenters. The summed E-state index contributed by atoms with van der Waals surface area (Å²) in [6.45, 7) is 3.39. The van der Waals surface area contributed by atoms with Crippen LogP contribution < -0.4 is 4.90 Å². The number of hydrogen-bond acceptors (Lipinski definition) is 4. The summed E-state index contributed by atoms with van der Waals surface area (Å²) in [6, 6.07) is 6.97. The van der Waals surface area contributed by atoms with Gasteiger partial charge in [-0.15, -0.1) is 0 Å². The van der Waals surface area contributed by atoms with Gasteiger partial charge in [0, 0.05) is 33.8 Å². The van der Waals surface area contributed by atoms with Gasteiger partial charge >= 0.3 is 0 Å². The van der Waals surface area contributed by atoms with Gasteiger partial charge in [-0.05, 0) is 25.5 Å². The Balaban J connectivity index is 3.21. The summed E-state index contributed by atoms with van der Waals surface area (Å²) >= 11 is 0. The van der Waals surface area contributed by atoms with Crippen molar-refractivity contribution in [2.45, 2.75) is 18.2 Å². The zero-order valence-electron chi connectivity index (χ0n) is 11.7. The number of aliphatic hydroxyl groups is 1. The van der Waals surface area contributed by atoms with E-state index in [1.54, 1.807) is 18.2 Å². The Bertz CT molecular complexity index is 500. The molecule has 19 heavy (non-hydrogen) atoms. The summed E-state index contributed by atoms with van der Waals surface area (Å²) in [5.41, 5.74) is 0.687. The zero-order valence-corrected chi connectivity index (χ0v) is 12.5. The molecule has 6 heteroatoms. The van der Waals surface area contributed by atoms with Gasteiger partial charge in [0.2, 0.25) is 10.0 Å². The lowest BCUT2D eigenvalue weighted by Gasteiger charge is -2.26. The molecule has 5 nitrogen and oxygen atoms in total. The van der Waals surface area contributed by atoms with Gasteiger partial charge in [0.25, 0.3) is 0 Å². The Kier molecular flexibility index (Phi) is 5.78. The average Bonchev–Trinajstić information content (AvgIpc) is 2.40. The summed E-state index contributed by atoms with van der Waals surface area (Å²) < 4.78 is 25.8. The molecule has 0 aliphatic rings. The van der Waals surface area contributed by atoms with E-state index in [1.807, 2.05) is 17.9 Å². The van der Waals surface area contributed by atoms with Crippen LogP contribution in [0.25, 0.3) is 0 Å². The van der Waals surface area contributed by atoms with E-state index in [9.17, 15) is 8.42 Å². The van der Waals surface area contributed by atoms with Gasteiger partial charge in [-0.1, -0.05) is 12.1 Å². The number of sulfonamides is 1. The van der Waals surface area contributed by atoms with Crippen molar-refractivity contribution >= 4 is 15.7 Å². The van der Waals surface area contributed by atoms with Gasteiger partial charge in [-0.2, -0.15) is 0 Å². The molecule has 0 aromatic heterocycles. The van der Waals surface area contributed by atoms with E-state index < -0.39 is 10.0 Å². The second-order valence-corrected chi connectivity index (χ2v) is 6.53. The minimum Gasteiger partial charge on any atom is -0.396 e. The summed E-state index contributed by atoms with van der Waals surface area (Å²) in [5.74, 6) is 0. The third-order valence-corrected chi connectivity index (χ3v) is 4.79. The minimum absolute atomic E-state index is 0.0963. The maximum absolute atomic E-state index is 12.3. The van der Waals surface area contributed by atoms with E-state index in [4.69, 9.17) is 5.11 Å². The van der Waals surface area contributed by atoms with Crippen molar-refractivity contribution in [2.75, 3.05) is 38.7 Å². The SMILES string of the molecule is CCN(CCCO)c1ccccc1S(=O)(=O)N(C)C. The standard InChI is InChI=1S/C13H22N2O3S/c1-4-15(10-7-11-16)12-8-5-6-9-13(12)19(17,18)14(2)3/h5-6,8-9,16H,4,7,10-11H2,1-3H3. The predicted molar refractivity (Wildman–Crippen MR) is 76.9 cm³/mol. The lowest BCUT2D eigenvalue weighted by molar-refractivity contribution is 0.289. The van der Waals surface area contributed by atoms with Crippen molar-refractivity contribution in [3.05, 3.63) is 24.3 Å². The highest BCUT2D eigenvalue weighted by molar-refractivity contribution is 7.89. The molecule has 0 bridgehead atoms. The smallest absolute Gasteiger partial charge is 0.244 e. The van der Waals surface area contributed by atoms with Crippen LogP contribution in [0.2, 0.25) is 0 Å². The van der Waals surface area contributed by atoms with Crippen LogP contribution in [-0.4, -0.2) is 51.6 Å². The van der Waals surface area contributed by atoms with E-state index in [-0.39, 0.29) is 6.61 Å². The van der Waals surface area contributed by atoms with E-state index in [0.717, 1.165) is 0 Å². The molecule has 0 aliphatic carbocycles. The molecule has 0 fully saturated rings. The molecule has 0 saturated carbocycles. The first kappa shape index (κ1) is 15.9. The largest absolute Gasteiger partial charge is 0.396 e. The van der Waals surface area contributed by atoms with Crippen molar-refractivity contribution in [3.63, 3.8) is 0 Å². The second kappa shape index (κ2) is 6.88. The molecule has 108 valence electrons. The Labute approximate surface area is 115 Å². The molecule has 0 spiro atoms. The summed E-state index contributed by atoms with van der Waals surface area (Å²) in [6.07, 6.45) is 0.615. The van der Waals surface area contributed by atoms with Crippen LogP contribution in [0.15, 0.2) is 29.2 Å². The van der Waals surface area contributed by atoms with Crippen molar-refractivity contribution < 1.29 is 13.5 Å². The number of nitrogens with zero attached hydrogens (tertiary/aromatic N) is 2. The first-order valence-electron chi connectivity index (χ1n) is 6.32. The van der Waals surface area contributed by atoms with Crippen molar-refractivity contribution in [1.29, 1.82) is 0 Å². The Hall–Kier alpha value is -1.11. The fraction of sp³-hybridized carbons (Fsp3) is 0.538. The summed E-state index contributed by atoms with van der Waals surface area (Å²) in [7, 11) is -0.411. The fourth-order valence-electron chi connectivity index (χ4n) is 1.84. The molecule has 1 aromatic rings. The molecule has 1 rings (SSSR count). The predicted octanol–water partition coefficient (Wildman–Crippen LogP) is 1.15. The van der Waals surface area contributed by atoms with Crippen LogP contribution >= 0.6 is 0 Å². The Morgan fingerprint density at radius 3 is 2.37 bits per heavy atom. The Morgan fingerprint density at radius 2 is 1.84 bits per heavy atom. The second-order valence-electron chi connectivity index (χ2n) is 4.41. The highest BCUT2D eigenvalue weighted by atomic mass is 32.2. The third kappa shape index (κ3) is 3.68.